The molecule has 1 aliphatic heterocycles. The predicted molar refractivity (Wildman–Crippen MR) is 45.1 cm³/mol. The molecule has 0 radical (unpaired) electrons. The molecule has 1 atom stereocenters. The van der Waals surface area contributed by atoms with E-state index in [1.807, 2.05) is 0 Å². The summed E-state index contributed by atoms with van der Waals surface area (Å²) >= 11 is 5.93. The second kappa shape index (κ2) is 2.94. The van der Waals surface area contributed by atoms with Crippen LogP contribution in [0.15, 0.2) is 18.2 Å². The average Bonchev–Trinajstić information content (AvgIpc) is 2.04. The van der Waals surface area contributed by atoms with Crippen LogP contribution >= 0.6 is 11.6 Å². The van der Waals surface area contributed by atoms with Gasteiger partial charge in [0.15, 0.2) is 0 Å². The van der Waals surface area contributed by atoms with Gasteiger partial charge in [0.2, 0.25) is 0 Å². The number of halogens is 2. The van der Waals surface area contributed by atoms with Crippen molar-refractivity contribution in [3.63, 3.8) is 0 Å². The maximum absolute atomic E-state index is 13.2. The lowest BCUT2D eigenvalue weighted by molar-refractivity contribution is 0.280. The summed E-state index contributed by atoms with van der Waals surface area (Å²) < 4.78 is 18.4. The van der Waals surface area contributed by atoms with Crippen LogP contribution in [-0.2, 0) is 0 Å². The summed E-state index contributed by atoms with van der Waals surface area (Å²) in [6, 6.07) is 4.78. The van der Waals surface area contributed by atoms with Gasteiger partial charge in [-0.3, -0.25) is 0 Å². The molecule has 2 rings (SSSR count). The first-order chi connectivity index (χ1) is 5.79. The molecule has 0 fully saturated rings. The monoisotopic (exact) mass is 186 g/mol. The number of hydrogen-bond acceptors (Lipinski definition) is 1. The van der Waals surface area contributed by atoms with E-state index in [0.717, 1.165) is 0 Å². The molecule has 0 saturated heterocycles. The fourth-order valence-corrected chi connectivity index (χ4v) is 1.66. The molecule has 0 aromatic heterocycles. The summed E-state index contributed by atoms with van der Waals surface area (Å²) in [5.74, 6) is 0.313. The van der Waals surface area contributed by atoms with Gasteiger partial charge >= 0.3 is 0 Å². The highest BCUT2D eigenvalue weighted by Gasteiger charge is 2.22. The second-order valence-electron chi connectivity index (χ2n) is 2.76. The van der Waals surface area contributed by atoms with Gasteiger partial charge in [-0.2, -0.15) is 0 Å². The lowest BCUT2D eigenvalue weighted by Gasteiger charge is -2.21. The number of fused-ring (bicyclic) bond motifs is 1. The first-order valence-corrected chi connectivity index (χ1v) is 4.28. The van der Waals surface area contributed by atoms with Gasteiger partial charge in [-0.05, 0) is 12.1 Å². The van der Waals surface area contributed by atoms with Crippen LogP contribution in [0.1, 0.15) is 17.4 Å². The maximum Gasteiger partial charge on any atom is 0.131 e. The molecule has 0 bridgehead atoms. The molecule has 1 aliphatic rings. The van der Waals surface area contributed by atoms with Crippen molar-refractivity contribution < 1.29 is 9.13 Å². The van der Waals surface area contributed by atoms with E-state index in [1.54, 1.807) is 12.1 Å². The fourth-order valence-electron chi connectivity index (χ4n) is 1.36. The van der Waals surface area contributed by atoms with Crippen LogP contribution in [-0.4, -0.2) is 6.61 Å². The Bertz CT molecular complexity index is 301. The van der Waals surface area contributed by atoms with E-state index in [2.05, 4.69) is 0 Å². The number of alkyl halides is 1. The van der Waals surface area contributed by atoms with Crippen molar-refractivity contribution in [1.82, 2.24) is 0 Å². The van der Waals surface area contributed by atoms with Crippen LogP contribution in [0.5, 0.6) is 5.75 Å². The molecule has 1 aromatic carbocycles. The fraction of sp³-hybridized carbons (Fsp3) is 0.333. The van der Waals surface area contributed by atoms with Gasteiger partial charge in [0, 0.05) is 12.0 Å². The van der Waals surface area contributed by atoms with Gasteiger partial charge in [0.05, 0.1) is 12.0 Å². The molecule has 0 saturated carbocycles. The van der Waals surface area contributed by atoms with Crippen molar-refractivity contribution in [2.75, 3.05) is 6.61 Å². The third-order valence-electron chi connectivity index (χ3n) is 1.96. The number of hydrogen-bond donors (Lipinski definition) is 0. The van der Waals surface area contributed by atoms with E-state index < -0.39 is 0 Å². The van der Waals surface area contributed by atoms with E-state index >= 15 is 0 Å². The topological polar surface area (TPSA) is 9.23 Å². The summed E-state index contributed by atoms with van der Waals surface area (Å²) in [5.41, 5.74) is 0.505. The molecule has 3 heteroatoms. The minimum atomic E-state index is -0.271. The third-order valence-corrected chi connectivity index (χ3v) is 2.39. The zero-order valence-corrected chi connectivity index (χ0v) is 7.14. The molecule has 12 heavy (non-hydrogen) atoms. The Labute approximate surface area is 75.1 Å². The Morgan fingerprint density at radius 1 is 1.50 bits per heavy atom. The Balaban J connectivity index is 2.53. The van der Waals surface area contributed by atoms with Crippen LogP contribution in [0.4, 0.5) is 4.39 Å². The van der Waals surface area contributed by atoms with Crippen LogP contribution < -0.4 is 4.74 Å². The first-order valence-electron chi connectivity index (χ1n) is 3.84. The second-order valence-corrected chi connectivity index (χ2v) is 3.28. The summed E-state index contributed by atoms with van der Waals surface area (Å²) in [6.07, 6.45) is 0.676. The molecule has 64 valence electrons. The van der Waals surface area contributed by atoms with Crippen molar-refractivity contribution in [3.8, 4) is 5.75 Å². The Hall–Kier alpha value is -0.760. The number of rotatable bonds is 0. The Morgan fingerprint density at radius 3 is 3.08 bits per heavy atom. The molecule has 1 heterocycles. The lowest BCUT2D eigenvalue weighted by Crippen LogP contribution is -2.11. The van der Waals surface area contributed by atoms with Gasteiger partial charge in [0.1, 0.15) is 11.6 Å². The standard InChI is InChI=1S/C9H8ClFO/c10-6-4-5-12-8-3-1-2-7(11)9(6)8/h1-3,6H,4-5H2/t6-/m1/s1. The van der Waals surface area contributed by atoms with Crippen LogP contribution in [0.2, 0.25) is 0 Å². The Morgan fingerprint density at radius 2 is 2.33 bits per heavy atom. The van der Waals surface area contributed by atoms with E-state index in [0.29, 0.717) is 24.3 Å². The molecule has 1 nitrogen and oxygen atoms in total. The van der Waals surface area contributed by atoms with E-state index in [-0.39, 0.29) is 11.2 Å². The van der Waals surface area contributed by atoms with Gasteiger partial charge in [-0.1, -0.05) is 6.07 Å². The highest BCUT2D eigenvalue weighted by Crippen LogP contribution is 2.37. The van der Waals surface area contributed by atoms with E-state index in [1.165, 1.54) is 6.07 Å². The zero-order valence-electron chi connectivity index (χ0n) is 6.39. The quantitative estimate of drug-likeness (QED) is 0.566. The van der Waals surface area contributed by atoms with Crippen LogP contribution in [0.25, 0.3) is 0 Å². The molecule has 0 N–H and O–H groups in total. The van der Waals surface area contributed by atoms with Crippen LogP contribution in [0.3, 0.4) is 0 Å². The summed E-state index contributed by atoms with van der Waals surface area (Å²) in [4.78, 5) is 0. The minimum absolute atomic E-state index is 0.241. The summed E-state index contributed by atoms with van der Waals surface area (Å²) in [7, 11) is 0. The maximum atomic E-state index is 13.2. The highest BCUT2D eigenvalue weighted by molar-refractivity contribution is 6.21. The normalized spacial score (nSPS) is 21.3. The van der Waals surface area contributed by atoms with Gasteiger partial charge < -0.3 is 4.74 Å². The molecule has 0 amide bonds. The number of benzene rings is 1. The van der Waals surface area contributed by atoms with E-state index in [4.69, 9.17) is 16.3 Å². The molecule has 0 aliphatic carbocycles. The third kappa shape index (κ3) is 1.16. The van der Waals surface area contributed by atoms with Crippen molar-refractivity contribution >= 4 is 11.6 Å². The molecule has 0 spiro atoms. The molecule has 1 aromatic rings. The van der Waals surface area contributed by atoms with E-state index in [9.17, 15) is 4.39 Å². The summed E-state index contributed by atoms with van der Waals surface area (Å²) in [5, 5.41) is -0.241. The largest absolute Gasteiger partial charge is 0.493 e. The van der Waals surface area contributed by atoms with Crippen molar-refractivity contribution in [3.05, 3.63) is 29.6 Å². The average molecular weight is 187 g/mol. The van der Waals surface area contributed by atoms with Crippen molar-refractivity contribution in [1.29, 1.82) is 0 Å². The molecular formula is C9H8ClFO. The van der Waals surface area contributed by atoms with Crippen molar-refractivity contribution in [2.45, 2.75) is 11.8 Å². The Kier molecular flexibility index (Phi) is 1.93. The first kappa shape index (κ1) is 7.87. The minimum Gasteiger partial charge on any atom is -0.493 e. The predicted octanol–water partition coefficient (Wildman–Crippen LogP) is 2.89. The molecule has 0 unspecified atom stereocenters. The zero-order chi connectivity index (χ0) is 8.55. The summed E-state index contributed by atoms with van der Waals surface area (Å²) in [6.45, 7) is 0.574. The molecular weight excluding hydrogens is 179 g/mol. The smallest absolute Gasteiger partial charge is 0.131 e. The SMILES string of the molecule is Fc1cccc2c1[C@H](Cl)CCO2. The number of ether oxygens (including phenoxy) is 1. The highest BCUT2D eigenvalue weighted by atomic mass is 35.5. The van der Waals surface area contributed by atoms with Crippen molar-refractivity contribution in [2.24, 2.45) is 0 Å². The van der Waals surface area contributed by atoms with Gasteiger partial charge in [-0.25, -0.2) is 4.39 Å². The lowest BCUT2D eigenvalue weighted by atomic mass is 10.1. The van der Waals surface area contributed by atoms with Gasteiger partial charge in [0.25, 0.3) is 0 Å². The van der Waals surface area contributed by atoms with Gasteiger partial charge in [-0.15, -0.1) is 11.6 Å². The van der Waals surface area contributed by atoms with Crippen LogP contribution in [0, 0.1) is 5.82 Å².